The molecule has 44 heavy (non-hydrogen) atoms. The van der Waals surface area contributed by atoms with Crippen molar-refractivity contribution in [1.82, 2.24) is 4.90 Å². The van der Waals surface area contributed by atoms with Crippen LogP contribution >= 0.6 is 0 Å². The lowest BCUT2D eigenvalue weighted by Gasteiger charge is -2.52. The van der Waals surface area contributed by atoms with E-state index in [1.54, 1.807) is 12.1 Å². The minimum absolute atomic E-state index is 0.145. The molecule has 0 bridgehead atoms. The third-order valence-electron chi connectivity index (χ3n) is 9.80. The zero-order chi connectivity index (χ0) is 31.2. The second kappa shape index (κ2) is 11.8. The summed E-state index contributed by atoms with van der Waals surface area (Å²) >= 11 is 0. The number of halogens is 1. The van der Waals surface area contributed by atoms with E-state index in [4.69, 9.17) is 9.47 Å². The van der Waals surface area contributed by atoms with Gasteiger partial charge in [0, 0.05) is 47.3 Å². The van der Waals surface area contributed by atoms with Gasteiger partial charge in [0.15, 0.2) is 23.1 Å². The Kier molecular flexibility index (Phi) is 8.23. The maximum atomic E-state index is 14.2. The smallest absolute Gasteiger partial charge is 0.162 e. The molecule has 3 aliphatic carbocycles. The molecular weight excluding hydrogens is 553 g/mol. The van der Waals surface area contributed by atoms with Crippen molar-refractivity contribution in [2.45, 2.75) is 111 Å². The number of nitrogens with zero attached hydrogens (tertiary/aromatic N) is 1. The number of carbonyl (C=O) groups excluding carboxylic acids is 2. The SMILES string of the molecule is CCOc1cc(C2C3=C(CC(C)(C)CC3=O)N(C3CCCCC3)C3=C2C(=O)CC(C)(C)C3)ccc1OCc1ccc(F)cc1. The van der Waals surface area contributed by atoms with Gasteiger partial charge in [0.05, 0.1) is 6.61 Å². The van der Waals surface area contributed by atoms with Crippen LogP contribution in [0.15, 0.2) is 65.0 Å². The first kappa shape index (κ1) is 30.6. The van der Waals surface area contributed by atoms with E-state index in [1.807, 2.05) is 25.1 Å². The van der Waals surface area contributed by atoms with Gasteiger partial charge in [0.25, 0.3) is 0 Å². The summed E-state index contributed by atoms with van der Waals surface area (Å²) in [6, 6.07) is 12.4. The molecule has 0 radical (unpaired) electrons. The molecule has 0 N–H and O–H groups in total. The summed E-state index contributed by atoms with van der Waals surface area (Å²) in [6.07, 6.45) is 8.39. The molecule has 0 atom stereocenters. The summed E-state index contributed by atoms with van der Waals surface area (Å²) in [7, 11) is 0. The van der Waals surface area contributed by atoms with E-state index < -0.39 is 5.92 Å². The normalized spacial score (nSPS) is 22.2. The molecular formula is C38H46FNO4. The predicted octanol–water partition coefficient (Wildman–Crippen LogP) is 8.82. The summed E-state index contributed by atoms with van der Waals surface area (Å²) in [5.41, 5.74) is 5.36. The Morgan fingerprint density at radius 2 is 1.36 bits per heavy atom. The van der Waals surface area contributed by atoms with Crippen molar-refractivity contribution in [1.29, 1.82) is 0 Å². The summed E-state index contributed by atoms with van der Waals surface area (Å²) in [4.78, 5) is 31.0. The fraction of sp³-hybridized carbons (Fsp3) is 0.526. The second-order valence-electron chi connectivity index (χ2n) is 14.8. The lowest BCUT2D eigenvalue weighted by Crippen LogP contribution is -2.48. The fourth-order valence-corrected chi connectivity index (χ4v) is 7.94. The van der Waals surface area contributed by atoms with Crippen LogP contribution in [-0.4, -0.2) is 29.1 Å². The van der Waals surface area contributed by atoms with Crippen molar-refractivity contribution in [3.05, 3.63) is 81.9 Å². The van der Waals surface area contributed by atoms with Gasteiger partial charge in [-0.15, -0.1) is 0 Å². The van der Waals surface area contributed by atoms with Crippen molar-refractivity contribution in [2.75, 3.05) is 6.61 Å². The summed E-state index contributed by atoms with van der Waals surface area (Å²) in [5, 5.41) is 0. The molecule has 0 aromatic heterocycles. The first-order chi connectivity index (χ1) is 21.0. The van der Waals surface area contributed by atoms with Crippen LogP contribution in [0.25, 0.3) is 0 Å². The average molecular weight is 600 g/mol. The van der Waals surface area contributed by atoms with Gasteiger partial charge in [-0.25, -0.2) is 4.39 Å². The second-order valence-corrected chi connectivity index (χ2v) is 14.8. The molecule has 1 fully saturated rings. The molecule has 0 unspecified atom stereocenters. The zero-order valence-corrected chi connectivity index (χ0v) is 26.9. The van der Waals surface area contributed by atoms with E-state index in [0.29, 0.717) is 37.0 Å². The van der Waals surface area contributed by atoms with E-state index in [-0.39, 0.29) is 34.8 Å². The molecule has 1 heterocycles. The first-order valence-electron chi connectivity index (χ1n) is 16.4. The summed E-state index contributed by atoms with van der Waals surface area (Å²) in [6.45, 7) is 11.4. The molecule has 0 saturated heterocycles. The van der Waals surface area contributed by atoms with E-state index >= 15 is 0 Å². The van der Waals surface area contributed by atoms with Crippen molar-refractivity contribution < 1.29 is 23.5 Å². The molecule has 6 heteroatoms. The maximum absolute atomic E-state index is 14.2. The third kappa shape index (κ3) is 5.97. The van der Waals surface area contributed by atoms with Crippen molar-refractivity contribution in [3.63, 3.8) is 0 Å². The first-order valence-corrected chi connectivity index (χ1v) is 16.4. The van der Waals surface area contributed by atoms with Crippen LogP contribution in [0.3, 0.4) is 0 Å². The minimum atomic E-state index is -0.419. The number of hydrogen-bond donors (Lipinski definition) is 0. The van der Waals surface area contributed by atoms with Crippen LogP contribution in [-0.2, 0) is 16.2 Å². The lowest BCUT2D eigenvalue weighted by molar-refractivity contribution is -0.119. The molecule has 0 amide bonds. The number of benzene rings is 2. The summed E-state index contributed by atoms with van der Waals surface area (Å²) in [5.74, 6) is 0.763. The largest absolute Gasteiger partial charge is 0.490 e. The van der Waals surface area contributed by atoms with Crippen LogP contribution in [0, 0.1) is 16.6 Å². The molecule has 4 aliphatic rings. The molecule has 0 spiro atoms. The topological polar surface area (TPSA) is 55.8 Å². The van der Waals surface area contributed by atoms with Crippen LogP contribution in [0.5, 0.6) is 11.5 Å². The van der Waals surface area contributed by atoms with Crippen LogP contribution in [0.1, 0.15) is 109 Å². The van der Waals surface area contributed by atoms with E-state index in [9.17, 15) is 14.0 Å². The Bertz CT molecular complexity index is 1460. The number of hydrogen-bond acceptors (Lipinski definition) is 5. The van der Waals surface area contributed by atoms with Crippen molar-refractivity contribution in [3.8, 4) is 11.5 Å². The van der Waals surface area contributed by atoms with Gasteiger partial charge in [-0.1, -0.05) is 65.2 Å². The third-order valence-corrected chi connectivity index (χ3v) is 9.80. The molecule has 5 nitrogen and oxygen atoms in total. The van der Waals surface area contributed by atoms with Gasteiger partial charge in [-0.2, -0.15) is 0 Å². The van der Waals surface area contributed by atoms with E-state index in [0.717, 1.165) is 59.4 Å². The number of Topliss-reactive ketones (excluding diaryl/α,β-unsaturated/α-hetero) is 2. The highest BCUT2D eigenvalue weighted by Crippen LogP contribution is 2.56. The Morgan fingerprint density at radius 1 is 0.773 bits per heavy atom. The van der Waals surface area contributed by atoms with Crippen LogP contribution in [0.2, 0.25) is 0 Å². The van der Waals surface area contributed by atoms with Gasteiger partial charge in [0.2, 0.25) is 0 Å². The lowest BCUT2D eigenvalue weighted by atomic mass is 9.63. The van der Waals surface area contributed by atoms with E-state index in [1.165, 1.54) is 31.4 Å². The van der Waals surface area contributed by atoms with Gasteiger partial charge < -0.3 is 14.4 Å². The monoisotopic (exact) mass is 599 g/mol. The molecule has 1 saturated carbocycles. The number of allylic oxidation sites excluding steroid dienone is 4. The zero-order valence-electron chi connectivity index (χ0n) is 26.9. The molecule has 2 aromatic carbocycles. The number of ketones is 2. The molecule has 2 aromatic rings. The molecule has 6 rings (SSSR count). The predicted molar refractivity (Wildman–Crippen MR) is 170 cm³/mol. The van der Waals surface area contributed by atoms with Gasteiger partial charge >= 0.3 is 0 Å². The fourth-order valence-electron chi connectivity index (χ4n) is 7.94. The Labute approximate surface area is 261 Å². The minimum Gasteiger partial charge on any atom is -0.490 e. The van der Waals surface area contributed by atoms with Crippen LogP contribution in [0.4, 0.5) is 4.39 Å². The van der Waals surface area contributed by atoms with Crippen LogP contribution < -0.4 is 9.47 Å². The maximum Gasteiger partial charge on any atom is 0.162 e. The highest BCUT2D eigenvalue weighted by Gasteiger charge is 2.50. The number of rotatable bonds is 7. The number of ether oxygens (including phenoxy) is 2. The van der Waals surface area contributed by atoms with Gasteiger partial charge in [-0.3, -0.25) is 9.59 Å². The van der Waals surface area contributed by atoms with Crippen molar-refractivity contribution in [2.24, 2.45) is 10.8 Å². The van der Waals surface area contributed by atoms with Crippen molar-refractivity contribution >= 4 is 11.6 Å². The van der Waals surface area contributed by atoms with E-state index in [2.05, 4.69) is 32.6 Å². The average Bonchev–Trinajstić information content (AvgIpc) is 2.95. The Balaban J connectivity index is 1.47. The summed E-state index contributed by atoms with van der Waals surface area (Å²) < 4.78 is 25.7. The Hall–Kier alpha value is -3.41. The quantitative estimate of drug-likeness (QED) is 0.318. The molecule has 1 aliphatic heterocycles. The Morgan fingerprint density at radius 3 is 1.93 bits per heavy atom. The highest BCUT2D eigenvalue weighted by molar-refractivity contribution is 6.06. The van der Waals surface area contributed by atoms with Gasteiger partial charge in [-0.05, 0) is 78.8 Å². The standard InChI is InChI=1S/C38H46FNO4/c1-6-43-33-18-25(14-17-32(33)44-23-24-12-15-26(39)16-13-24)34-35-28(19-37(2,3)21-30(35)41)40(27-10-8-7-9-11-27)29-20-38(4,5)22-31(42)36(29)34/h12-18,27,34H,6-11,19-23H2,1-5H3. The highest BCUT2D eigenvalue weighted by atomic mass is 19.1. The molecule has 234 valence electrons. The number of carbonyl (C=O) groups is 2. The van der Waals surface area contributed by atoms with Gasteiger partial charge in [0.1, 0.15) is 12.4 Å².